The summed E-state index contributed by atoms with van der Waals surface area (Å²) < 4.78 is 30.8. The summed E-state index contributed by atoms with van der Waals surface area (Å²) in [5.41, 5.74) is 4.69. The van der Waals surface area contributed by atoms with Crippen molar-refractivity contribution >= 4 is 15.9 Å². The van der Waals surface area contributed by atoms with Crippen LogP contribution in [0.25, 0.3) is 0 Å². The Bertz CT molecular complexity index is 350. The Labute approximate surface area is 103 Å². The monoisotopic (exact) mass is 265 g/mol. The molecule has 0 atom stereocenters. The molecule has 6 nitrogen and oxygen atoms in total. The van der Waals surface area contributed by atoms with E-state index in [9.17, 15) is 8.42 Å². The van der Waals surface area contributed by atoms with E-state index < -0.39 is 15.4 Å². The summed E-state index contributed by atoms with van der Waals surface area (Å²) in [5, 5.41) is 7.32. The van der Waals surface area contributed by atoms with Crippen LogP contribution >= 0.6 is 0 Å². The second kappa shape index (κ2) is 6.32. The number of hydrogen-bond donors (Lipinski definition) is 3. The molecule has 7 heteroatoms. The van der Waals surface area contributed by atoms with Crippen molar-refractivity contribution in [3.63, 3.8) is 0 Å². The quantitative estimate of drug-likeness (QED) is 0.433. The van der Waals surface area contributed by atoms with Gasteiger partial charge in [-0.3, -0.25) is 5.41 Å². The summed E-state index contributed by atoms with van der Waals surface area (Å²) in [6, 6.07) is 0. The normalized spacial score (nSPS) is 13.0. The first-order chi connectivity index (χ1) is 7.57. The maximum absolute atomic E-state index is 11.6. The molecule has 102 valence electrons. The lowest BCUT2D eigenvalue weighted by molar-refractivity contribution is 0.0911. The minimum atomic E-state index is -3.37. The van der Waals surface area contributed by atoms with Crippen molar-refractivity contribution in [1.29, 1.82) is 5.41 Å². The van der Waals surface area contributed by atoms with Crippen LogP contribution in [-0.4, -0.2) is 39.3 Å². The highest BCUT2D eigenvalue weighted by molar-refractivity contribution is 7.89. The van der Waals surface area contributed by atoms with Gasteiger partial charge in [0.25, 0.3) is 0 Å². The number of nitrogens with two attached hydrogens (primary N) is 1. The molecule has 0 spiro atoms. The van der Waals surface area contributed by atoms with E-state index in [1.54, 1.807) is 13.8 Å². The smallest absolute Gasteiger partial charge is 0.213 e. The van der Waals surface area contributed by atoms with E-state index in [1.807, 2.05) is 13.8 Å². The zero-order valence-electron chi connectivity index (χ0n) is 10.9. The van der Waals surface area contributed by atoms with Gasteiger partial charge >= 0.3 is 0 Å². The van der Waals surface area contributed by atoms with Crippen molar-refractivity contribution in [2.24, 2.45) is 11.1 Å². The molecule has 0 aromatic heterocycles. The lowest BCUT2D eigenvalue weighted by Gasteiger charge is -2.23. The van der Waals surface area contributed by atoms with E-state index in [4.69, 9.17) is 15.9 Å². The van der Waals surface area contributed by atoms with Crippen molar-refractivity contribution in [2.75, 3.05) is 18.9 Å². The van der Waals surface area contributed by atoms with Crippen molar-refractivity contribution in [2.45, 2.75) is 33.8 Å². The molecule has 0 saturated heterocycles. The van der Waals surface area contributed by atoms with Gasteiger partial charge in [0, 0.05) is 12.0 Å². The molecule has 0 saturated carbocycles. The summed E-state index contributed by atoms with van der Waals surface area (Å²) in [4.78, 5) is 0. The van der Waals surface area contributed by atoms with Crippen LogP contribution in [0.3, 0.4) is 0 Å². The number of sulfonamides is 1. The Morgan fingerprint density at radius 3 is 2.41 bits per heavy atom. The Hall–Kier alpha value is -0.660. The predicted molar refractivity (Wildman–Crippen MR) is 68.6 cm³/mol. The summed E-state index contributed by atoms with van der Waals surface area (Å²) in [6.07, 6.45) is 0.0128. The van der Waals surface area contributed by atoms with Crippen molar-refractivity contribution < 1.29 is 13.2 Å². The SMILES string of the molecule is CC(C)OCCS(=O)(=O)NCC(C)(C)C(=N)N. The molecular weight excluding hydrogens is 242 g/mol. The average molecular weight is 265 g/mol. The molecule has 17 heavy (non-hydrogen) atoms. The predicted octanol–water partition coefficient (Wildman–Crippen LogP) is 0.293. The Kier molecular flexibility index (Phi) is 6.08. The Morgan fingerprint density at radius 1 is 1.47 bits per heavy atom. The van der Waals surface area contributed by atoms with Crippen LogP contribution in [-0.2, 0) is 14.8 Å². The fraction of sp³-hybridized carbons (Fsp3) is 0.900. The summed E-state index contributed by atoms with van der Waals surface area (Å²) in [5.74, 6) is -0.127. The molecule has 0 aromatic rings. The van der Waals surface area contributed by atoms with Crippen LogP contribution in [0.5, 0.6) is 0 Å². The van der Waals surface area contributed by atoms with Gasteiger partial charge in [-0.25, -0.2) is 13.1 Å². The molecule has 0 aliphatic heterocycles. The van der Waals surface area contributed by atoms with Crippen LogP contribution in [0, 0.1) is 10.8 Å². The molecule has 0 bridgehead atoms. The average Bonchev–Trinajstić information content (AvgIpc) is 2.14. The number of ether oxygens (including phenoxy) is 1. The topological polar surface area (TPSA) is 105 Å². The van der Waals surface area contributed by atoms with Crippen LogP contribution in [0.4, 0.5) is 0 Å². The van der Waals surface area contributed by atoms with Crippen LogP contribution in [0.2, 0.25) is 0 Å². The second-order valence-corrected chi connectivity index (χ2v) is 6.78. The van der Waals surface area contributed by atoms with Crippen molar-refractivity contribution in [3.05, 3.63) is 0 Å². The van der Waals surface area contributed by atoms with Gasteiger partial charge in [-0.05, 0) is 13.8 Å². The molecule has 0 rings (SSSR count). The van der Waals surface area contributed by atoms with Crippen LogP contribution in [0.1, 0.15) is 27.7 Å². The summed E-state index contributed by atoms with van der Waals surface area (Å²) in [7, 11) is -3.37. The van der Waals surface area contributed by atoms with Gasteiger partial charge in [-0.1, -0.05) is 13.8 Å². The molecule has 0 unspecified atom stereocenters. The third-order valence-electron chi connectivity index (χ3n) is 2.27. The fourth-order valence-electron chi connectivity index (χ4n) is 0.851. The van der Waals surface area contributed by atoms with Gasteiger partial charge in [-0.2, -0.15) is 0 Å². The highest BCUT2D eigenvalue weighted by Gasteiger charge is 2.24. The van der Waals surface area contributed by atoms with Gasteiger partial charge in [-0.15, -0.1) is 0 Å². The van der Waals surface area contributed by atoms with E-state index in [1.165, 1.54) is 0 Å². The zero-order valence-corrected chi connectivity index (χ0v) is 11.7. The van der Waals surface area contributed by atoms with Crippen LogP contribution in [0.15, 0.2) is 0 Å². The first-order valence-electron chi connectivity index (χ1n) is 5.50. The van der Waals surface area contributed by atoms with Gasteiger partial charge in [0.1, 0.15) is 0 Å². The first-order valence-corrected chi connectivity index (χ1v) is 7.15. The maximum atomic E-state index is 11.6. The minimum absolute atomic E-state index is 0.0128. The Morgan fingerprint density at radius 2 is 2.00 bits per heavy atom. The van der Waals surface area contributed by atoms with E-state index in [2.05, 4.69) is 4.72 Å². The van der Waals surface area contributed by atoms with Crippen molar-refractivity contribution in [3.8, 4) is 0 Å². The van der Waals surface area contributed by atoms with E-state index in [0.29, 0.717) is 0 Å². The van der Waals surface area contributed by atoms with E-state index in [-0.39, 0.29) is 30.8 Å². The Balaban J connectivity index is 4.15. The highest BCUT2D eigenvalue weighted by atomic mass is 32.2. The van der Waals surface area contributed by atoms with E-state index in [0.717, 1.165) is 0 Å². The first kappa shape index (κ1) is 16.3. The number of nitrogens with one attached hydrogen (secondary N) is 2. The maximum Gasteiger partial charge on any atom is 0.213 e. The van der Waals surface area contributed by atoms with Gasteiger partial charge < -0.3 is 10.5 Å². The third-order valence-corrected chi connectivity index (χ3v) is 3.55. The standard InChI is InChI=1S/C10H23N3O3S/c1-8(2)16-5-6-17(14,15)13-7-10(3,4)9(11)12/h8,13H,5-7H2,1-4H3,(H3,11,12). The minimum Gasteiger partial charge on any atom is -0.387 e. The fourth-order valence-corrected chi connectivity index (χ4v) is 1.89. The molecule has 0 aliphatic rings. The molecule has 0 aromatic carbocycles. The highest BCUT2D eigenvalue weighted by Crippen LogP contribution is 2.12. The van der Waals surface area contributed by atoms with Crippen molar-refractivity contribution in [1.82, 2.24) is 4.72 Å². The second-order valence-electron chi connectivity index (χ2n) is 4.86. The van der Waals surface area contributed by atoms with Gasteiger partial charge in [0.05, 0.1) is 24.3 Å². The largest absolute Gasteiger partial charge is 0.387 e. The zero-order chi connectivity index (χ0) is 13.7. The molecule has 0 fully saturated rings. The summed E-state index contributed by atoms with van der Waals surface area (Å²) >= 11 is 0. The van der Waals surface area contributed by atoms with Crippen LogP contribution < -0.4 is 10.5 Å². The number of rotatable bonds is 8. The molecule has 0 heterocycles. The lowest BCUT2D eigenvalue weighted by Crippen LogP contribution is -2.43. The molecule has 0 amide bonds. The summed E-state index contributed by atoms with van der Waals surface area (Å²) in [6.45, 7) is 7.39. The molecule has 0 radical (unpaired) electrons. The number of hydrogen-bond acceptors (Lipinski definition) is 4. The molecular formula is C10H23N3O3S. The number of amidine groups is 1. The van der Waals surface area contributed by atoms with E-state index >= 15 is 0 Å². The van der Waals surface area contributed by atoms with Gasteiger partial charge in [0.2, 0.25) is 10.0 Å². The lowest BCUT2D eigenvalue weighted by atomic mass is 9.93. The van der Waals surface area contributed by atoms with Gasteiger partial charge in [0.15, 0.2) is 0 Å². The molecule has 0 aliphatic carbocycles. The third kappa shape index (κ3) is 7.30. The molecule has 4 N–H and O–H groups in total.